The lowest BCUT2D eigenvalue weighted by Crippen LogP contribution is -2.19. The summed E-state index contributed by atoms with van der Waals surface area (Å²) >= 11 is 0. The van der Waals surface area contributed by atoms with Gasteiger partial charge in [0, 0.05) is 30.4 Å². The summed E-state index contributed by atoms with van der Waals surface area (Å²) in [7, 11) is 4.11. The van der Waals surface area contributed by atoms with Crippen molar-refractivity contribution in [2.24, 2.45) is 11.8 Å². The molecular weight excluding hydrogens is 416 g/mol. The zero-order valence-corrected chi connectivity index (χ0v) is 19.8. The first-order valence-corrected chi connectivity index (χ1v) is 12.2. The number of nitrogens with zero attached hydrogens (tertiary/aromatic N) is 1. The zero-order chi connectivity index (χ0) is 22.5. The Labute approximate surface area is 192 Å². The molecule has 4 rings (SSSR count). The van der Waals surface area contributed by atoms with Gasteiger partial charge in [-0.2, -0.15) is 0 Å². The molecule has 0 aliphatic heterocycles. The summed E-state index contributed by atoms with van der Waals surface area (Å²) < 4.78 is 13.9. The van der Waals surface area contributed by atoms with Gasteiger partial charge < -0.3 is 10.0 Å². The van der Waals surface area contributed by atoms with Crippen LogP contribution in [0.1, 0.15) is 24.0 Å². The van der Waals surface area contributed by atoms with Crippen LogP contribution >= 0.6 is 8.58 Å². The maximum atomic E-state index is 13.9. The van der Waals surface area contributed by atoms with Crippen LogP contribution in [0.5, 0.6) is 5.75 Å². The van der Waals surface area contributed by atoms with Crippen LogP contribution < -0.4 is 15.5 Å². The van der Waals surface area contributed by atoms with Crippen LogP contribution in [0.15, 0.2) is 78.9 Å². The third-order valence-electron chi connectivity index (χ3n) is 6.08. The van der Waals surface area contributed by atoms with Crippen LogP contribution in [0.2, 0.25) is 0 Å². The average molecular weight is 448 g/mol. The largest absolute Gasteiger partial charge is 0.507 e. The standard InChI is InChI=1S/C28H31FNOP/c1-30(2)25-19-24(29)13-14-26(25)32-27-18-22(15-20-9-5-3-6-10-20)17-23(28(27)31)16-21-11-7-4-8-12-21/h3-9,11,13-14,17-21,31-32H,10,12,15-16H2,1-2H3. The Morgan fingerprint density at radius 2 is 1.59 bits per heavy atom. The van der Waals surface area contributed by atoms with E-state index in [2.05, 4.69) is 60.7 Å². The minimum atomic E-state index is -0.241. The van der Waals surface area contributed by atoms with Crippen LogP contribution in [0.4, 0.5) is 10.1 Å². The number of halogens is 1. The number of hydrogen-bond donors (Lipinski definition) is 1. The predicted octanol–water partition coefficient (Wildman–Crippen LogP) is 5.58. The van der Waals surface area contributed by atoms with E-state index < -0.39 is 0 Å². The van der Waals surface area contributed by atoms with E-state index in [1.54, 1.807) is 6.07 Å². The Balaban J connectivity index is 1.68. The van der Waals surface area contributed by atoms with Gasteiger partial charge in [-0.1, -0.05) is 63.3 Å². The molecule has 2 nitrogen and oxygen atoms in total. The fourth-order valence-corrected chi connectivity index (χ4v) is 5.82. The van der Waals surface area contributed by atoms with Crippen LogP contribution in [-0.2, 0) is 12.8 Å². The molecule has 3 atom stereocenters. The van der Waals surface area contributed by atoms with Crippen molar-refractivity contribution in [3.05, 3.63) is 95.9 Å². The van der Waals surface area contributed by atoms with Crippen molar-refractivity contribution in [2.75, 3.05) is 19.0 Å². The van der Waals surface area contributed by atoms with Crippen molar-refractivity contribution >= 4 is 24.9 Å². The highest BCUT2D eigenvalue weighted by atomic mass is 31.1. The number of phenolic OH excluding ortho intramolecular Hbond substituents is 1. The summed E-state index contributed by atoms with van der Waals surface area (Å²) in [5.41, 5.74) is 3.13. The molecule has 2 aliphatic carbocycles. The van der Waals surface area contributed by atoms with E-state index in [0.29, 0.717) is 17.6 Å². The van der Waals surface area contributed by atoms with Gasteiger partial charge in [0.25, 0.3) is 0 Å². The fraction of sp³-hybridized carbons (Fsp3) is 0.286. The fourth-order valence-electron chi connectivity index (χ4n) is 4.41. The average Bonchev–Trinajstić information content (AvgIpc) is 2.79. The van der Waals surface area contributed by atoms with Crippen molar-refractivity contribution < 1.29 is 9.50 Å². The molecule has 0 radical (unpaired) electrons. The van der Waals surface area contributed by atoms with E-state index in [0.717, 1.165) is 47.5 Å². The number of allylic oxidation sites excluding steroid dienone is 8. The maximum Gasteiger partial charge on any atom is 0.126 e. The summed E-state index contributed by atoms with van der Waals surface area (Å²) in [5, 5.41) is 13.2. The van der Waals surface area contributed by atoms with Crippen molar-refractivity contribution in [1.29, 1.82) is 0 Å². The van der Waals surface area contributed by atoms with E-state index in [4.69, 9.17) is 0 Å². The molecule has 4 heteroatoms. The molecule has 32 heavy (non-hydrogen) atoms. The molecule has 2 aliphatic rings. The van der Waals surface area contributed by atoms with Gasteiger partial charge in [-0.3, -0.25) is 0 Å². The molecule has 2 aromatic rings. The first kappa shape index (κ1) is 22.6. The lowest BCUT2D eigenvalue weighted by Gasteiger charge is -2.21. The summed E-state index contributed by atoms with van der Waals surface area (Å²) in [6.07, 6.45) is 21.1. The van der Waals surface area contributed by atoms with Gasteiger partial charge in [-0.05, 0) is 72.9 Å². The SMILES string of the molecule is CN(C)c1cc(F)ccc1Pc1cc(CC2C=CC=CC2)cc(CC2C=CC=CC2)c1O. The molecule has 0 spiro atoms. The van der Waals surface area contributed by atoms with Crippen LogP contribution in [0.3, 0.4) is 0 Å². The molecular formula is C28H31FNOP. The second-order valence-corrected chi connectivity index (χ2v) is 10.2. The summed E-state index contributed by atoms with van der Waals surface area (Å²) in [4.78, 5) is 1.94. The van der Waals surface area contributed by atoms with Gasteiger partial charge >= 0.3 is 0 Å². The van der Waals surface area contributed by atoms with E-state index in [-0.39, 0.29) is 14.4 Å². The highest BCUT2D eigenvalue weighted by Crippen LogP contribution is 2.31. The van der Waals surface area contributed by atoms with Gasteiger partial charge in [0.15, 0.2) is 0 Å². The minimum Gasteiger partial charge on any atom is -0.507 e. The van der Waals surface area contributed by atoms with Gasteiger partial charge in [0.2, 0.25) is 0 Å². The normalized spacial score (nSPS) is 19.8. The van der Waals surface area contributed by atoms with Crippen LogP contribution in [0.25, 0.3) is 0 Å². The molecule has 0 heterocycles. The third-order valence-corrected chi connectivity index (χ3v) is 7.42. The number of phenols is 1. The number of benzene rings is 2. The van der Waals surface area contributed by atoms with Crippen LogP contribution in [-0.4, -0.2) is 19.2 Å². The van der Waals surface area contributed by atoms with E-state index in [1.807, 2.05) is 25.1 Å². The predicted molar refractivity (Wildman–Crippen MR) is 137 cm³/mol. The Bertz CT molecular complexity index is 1080. The molecule has 0 aromatic heterocycles. The summed E-state index contributed by atoms with van der Waals surface area (Å²) in [6.45, 7) is 0. The number of hydrogen-bond acceptors (Lipinski definition) is 2. The monoisotopic (exact) mass is 447 g/mol. The maximum absolute atomic E-state index is 13.9. The van der Waals surface area contributed by atoms with E-state index in [1.165, 1.54) is 11.6 Å². The molecule has 0 amide bonds. The zero-order valence-electron chi connectivity index (χ0n) is 18.8. The molecule has 3 unspecified atom stereocenters. The van der Waals surface area contributed by atoms with Crippen LogP contribution in [0, 0.1) is 17.7 Å². The molecule has 0 saturated carbocycles. The Kier molecular flexibility index (Phi) is 7.27. The molecule has 166 valence electrons. The Morgan fingerprint density at radius 1 is 0.906 bits per heavy atom. The second kappa shape index (κ2) is 10.3. The summed E-state index contributed by atoms with van der Waals surface area (Å²) in [5.74, 6) is 1.03. The smallest absolute Gasteiger partial charge is 0.126 e. The summed E-state index contributed by atoms with van der Waals surface area (Å²) in [6, 6.07) is 9.28. The third kappa shape index (κ3) is 5.58. The van der Waals surface area contributed by atoms with Gasteiger partial charge in [-0.15, -0.1) is 0 Å². The highest BCUT2D eigenvalue weighted by molar-refractivity contribution is 7.56. The van der Waals surface area contributed by atoms with Gasteiger partial charge in [0.05, 0.1) is 0 Å². The van der Waals surface area contributed by atoms with E-state index in [9.17, 15) is 9.50 Å². The highest BCUT2D eigenvalue weighted by Gasteiger charge is 2.18. The number of anilines is 1. The van der Waals surface area contributed by atoms with E-state index >= 15 is 0 Å². The Morgan fingerprint density at radius 3 is 2.22 bits per heavy atom. The molecule has 0 saturated heterocycles. The molecule has 0 fully saturated rings. The minimum absolute atomic E-state index is 0.241. The van der Waals surface area contributed by atoms with Crippen molar-refractivity contribution in [1.82, 2.24) is 0 Å². The van der Waals surface area contributed by atoms with Gasteiger partial charge in [-0.25, -0.2) is 4.39 Å². The lowest BCUT2D eigenvalue weighted by atomic mass is 9.89. The van der Waals surface area contributed by atoms with Gasteiger partial charge in [0.1, 0.15) is 11.6 Å². The van der Waals surface area contributed by atoms with Crippen molar-refractivity contribution in [3.8, 4) is 5.75 Å². The first-order valence-electron chi connectivity index (χ1n) is 11.2. The van der Waals surface area contributed by atoms with Crippen molar-refractivity contribution in [3.63, 3.8) is 0 Å². The lowest BCUT2D eigenvalue weighted by molar-refractivity contribution is 0.467. The molecule has 1 N–H and O–H groups in total. The number of aromatic hydroxyl groups is 1. The second-order valence-electron chi connectivity index (χ2n) is 8.86. The molecule has 0 bridgehead atoms. The van der Waals surface area contributed by atoms with Crippen molar-refractivity contribution in [2.45, 2.75) is 25.7 Å². The first-order chi connectivity index (χ1) is 15.5. The molecule has 2 aromatic carbocycles. The number of rotatable bonds is 7. The Hall–Kier alpha value is -2.64. The quantitative estimate of drug-likeness (QED) is 0.561. The topological polar surface area (TPSA) is 23.5 Å².